The minimum atomic E-state index is 0.0905. The van der Waals surface area contributed by atoms with Gasteiger partial charge in [0.2, 0.25) is 0 Å². The zero-order valence-corrected chi connectivity index (χ0v) is 17.6. The van der Waals surface area contributed by atoms with Gasteiger partial charge in [0, 0.05) is 60.1 Å². The van der Waals surface area contributed by atoms with Crippen molar-refractivity contribution >= 4 is 11.0 Å². The van der Waals surface area contributed by atoms with Gasteiger partial charge >= 0.3 is 0 Å². The van der Waals surface area contributed by atoms with Crippen LogP contribution in [0, 0.1) is 18.3 Å². The summed E-state index contributed by atoms with van der Waals surface area (Å²) in [6.45, 7) is 3.43. The molecule has 0 amide bonds. The van der Waals surface area contributed by atoms with Crippen molar-refractivity contribution in [3.05, 3.63) is 54.1 Å². The van der Waals surface area contributed by atoms with E-state index in [1.54, 1.807) is 4.68 Å². The fourth-order valence-electron chi connectivity index (χ4n) is 4.15. The molecule has 0 aliphatic carbocycles. The van der Waals surface area contributed by atoms with E-state index in [1.807, 2.05) is 50.8 Å². The average molecular weight is 413 g/mol. The number of nitrogens with zero attached hydrogens (tertiary/aromatic N) is 4. The normalized spacial score (nSPS) is 14.6. The minimum Gasteiger partial charge on any atom is -0.489 e. The molecule has 5 rings (SSSR count). The molecule has 3 aromatic heterocycles. The topological polar surface area (TPSA) is 88.8 Å². The van der Waals surface area contributed by atoms with Crippen LogP contribution in [0.25, 0.3) is 33.3 Å². The van der Waals surface area contributed by atoms with E-state index >= 15 is 0 Å². The van der Waals surface area contributed by atoms with Crippen LogP contribution in [-0.4, -0.2) is 39.1 Å². The average Bonchev–Trinajstić information content (AvgIpc) is 3.36. The number of ether oxygens (including phenoxy) is 2. The van der Waals surface area contributed by atoms with Crippen molar-refractivity contribution in [3.8, 4) is 34.1 Å². The first-order valence-corrected chi connectivity index (χ1v) is 10.4. The van der Waals surface area contributed by atoms with E-state index in [1.165, 1.54) is 0 Å². The van der Waals surface area contributed by atoms with Gasteiger partial charge in [0.05, 0.1) is 25.0 Å². The Morgan fingerprint density at radius 3 is 2.74 bits per heavy atom. The first-order valence-electron chi connectivity index (χ1n) is 10.4. The number of H-pyrrole nitrogens is 1. The van der Waals surface area contributed by atoms with Crippen LogP contribution in [0.4, 0.5) is 0 Å². The van der Waals surface area contributed by atoms with Gasteiger partial charge in [-0.1, -0.05) is 6.07 Å². The van der Waals surface area contributed by atoms with E-state index in [9.17, 15) is 5.26 Å². The molecule has 0 saturated carbocycles. The van der Waals surface area contributed by atoms with E-state index in [4.69, 9.17) is 9.47 Å². The summed E-state index contributed by atoms with van der Waals surface area (Å²) in [6, 6.07) is 10.2. The van der Waals surface area contributed by atoms with Crippen LogP contribution in [0.2, 0.25) is 0 Å². The van der Waals surface area contributed by atoms with Gasteiger partial charge in [-0.3, -0.25) is 4.68 Å². The van der Waals surface area contributed by atoms with Gasteiger partial charge in [-0.05, 0) is 30.7 Å². The second kappa shape index (κ2) is 7.89. The van der Waals surface area contributed by atoms with Crippen LogP contribution < -0.4 is 4.74 Å². The number of hydrogen-bond donors (Lipinski definition) is 1. The van der Waals surface area contributed by atoms with Crippen LogP contribution >= 0.6 is 0 Å². The van der Waals surface area contributed by atoms with Crippen molar-refractivity contribution < 1.29 is 9.47 Å². The summed E-state index contributed by atoms with van der Waals surface area (Å²) in [4.78, 5) is 7.98. The number of nitrogens with one attached hydrogen (secondary N) is 1. The van der Waals surface area contributed by atoms with Crippen molar-refractivity contribution in [3.63, 3.8) is 0 Å². The van der Waals surface area contributed by atoms with Crippen molar-refractivity contribution in [2.45, 2.75) is 25.9 Å². The Bertz CT molecular complexity index is 1290. The standard InChI is InChI=1S/C24H23N5O2/c1-15-23(21-10-18(12-26-24(21)28-15)19-13-27-29(2)14-19)16-3-4-22(17(9-16)11-25)31-20-5-7-30-8-6-20/h3-4,9-10,12-14,20H,5-8H2,1-2H3,(H,26,28). The SMILES string of the molecule is Cc1[nH]c2ncc(-c3cnn(C)c3)cc2c1-c1ccc(OC2CCOCC2)c(C#N)c1. The molecule has 156 valence electrons. The van der Waals surface area contributed by atoms with E-state index in [0.29, 0.717) is 24.5 Å². The third-order valence-electron chi connectivity index (χ3n) is 5.73. The van der Waals surface area contributed by atoms with Crippen LogP contribution in [0.15, 0.2) is 42.9 Å². The highest BCUT2D eigenvalue weighted by Gasteiger charge is 2.19. The molecule has 1 aliphatic rings. The van der Waals surface area contributed by atoms with Crippen molar-refractivity contribution in [1.82, 2.24) is 19.7 Å². The van der Waals surface area contributed by atoms with E-state index in [-0.39, 0.29) is 6.10 Å². The number of aromatic amines is 1. The summed E-state index contributed by atoms with van der Waals surface area (Å²) >= 11 is 0. The summed E-state index contributed by atoms with van der Waals surface area (Å²) in [6.07, 6.45) is 7.43. The fourth-order valence-corrected chi connectivity index (χ4v) is 4.15. The lowest BCUT2D eigenvalue weighted by Gasteiger charge is -2.23. The molecule has 4 aromatic rings. The third kappa shape index (κ3) is 3.66. The van der Waals surface area contributed by atoms with Crippen LogP contribution in [0.5, 0.6) is 5.75 Å². The monoisotopic (exact) mass is 413 g/mol. The molecule has 1 saturated heterocycles. The Labute approximate surface area is 180 Å². The Morgan fingerprint density at radius 1 is 1.16 bits per heavy atom. The van der Waals surface area contributed by atoms with Crippen molar-refractivity contribution in [2.24, 2.45) is 7.05 Å². The van der Waals surface area contributed by atoms with Crippen molar-refractivity contribution in [2.75, 3.05) is 13.2 Å². The van der Waals surface area contributed by atoms with Gasteiger partial charge in [-0.25, -0.2) is 4.98 Å². The number of aryl methyl sites for hydroxylation is 2. The van der Waals surface area contributed by atoms with Gasteiger partial charge in [-0.2, -0.15) is 10.4 Å². The lowest BCUT2D eigenvalue weighted by atomic mass is 9.99. The first kappa shape index (κ1) is 19.3. The number of pyridine rings is 1. The third-order valence-corrected chi connectivity index (χ3v) is 5.73. The van der Waals surface area contributed by atoms with Gasteiger partial charge < -0.3 is 14.5 Å². The molecular formula is C24H23N5O2. The van der Waals surface area contributed by atoms with Gasteiger partial charge in [0.1, 0.15) is 23.6 Å². The lowest BCUT2D eigenvalue weighted by Crippen LogP contribution is -2.26. The largest absolute Gasteiger partial charge is 0.489 e. The maximum absolute atomic E-state index is 9.76. The highest BCUT2D eigenvalue weighted by Crippen LogP contribution is 2.36. The molecule has 1 aromatic carbocycles. The molecule has 31 heavy (non-hydrogen) atoms. The molecule has 4 heterocycles. The van der Waals surface area contributed by atoms with Gasteiger partial charge in [0.25, 0.3) is 0 Å². The van der Waals surface area contributed by atoms with Crippen LogP contribution in [-0.2, 0) is 11.8 Å². The van der Waals surface area contributed by atoms with Gasteiger partial charge in [0.15, 0.2) is 0 Å². The number of fused-ring (bicyclic) bond motifs is 1. The quantitative estimate of drug-likeness (QED) is 0.537. The number of hydrogen-bond acceptors (Lipinski definition) is 5. The summed E-state index contributed by atoms with van der Waals surface area (Å²) in [5.74, 6) is 0.629. The van der Waals surface area contributed by atoms with Gasteiger partial charge in [-0.15, -0.1) is 0 Å². The molecule has 0 spiro atoms. The predicted octanol–water partition coefficient (Wildman–Crippen LogP) is 4.37. The van der Waals surface area contributed by atoms with Crippen LogP contribution in [0.1, 0.15) is 24.1 Å². The molecule has 0 unspecified atom stereocenters. The predicted molar refractivity (Wildman–Crippen MR) is 118 cm³/mol. The van der Waals surface area contributed by atoms with Crippen LogP contribution in [0.3, 0.4) is 0 Å². The molecule has 0 atom stereocenters. The second-order valence-electron chi connectivity index (χ2n) is 7.90. The molecule has 1 fully saturated rings. The molecule has 7 nitrogen and oxygen atoms in total. The van der Waals surface area contributed by atoms with Crippen molar-refractivity contribution in [1.29, 1.82) is 5.26 Å². The Hall–Kier alpha value is -3.63. The summed E-state index contributed by atoms with van der Waals surface area (Å²) in [5.41, 5.74) is 6.38. The summed E-state index contributed by atoms with van der Waals surface area (Å²) in [5, 5.41) is 15.0. The molecule has 0 radical (unpaired) electrons. The second-order valence-corrected chi connectivity index (χ2v) is 7.90. The maximum Gasteiger partial charge on any atom is 0.138 e. The molecular weight excluding hydrogens is 390 g/mol. The highest BCUT2D eigenvalue weighted by atomic mass is 16.5. The van der Waals surface area contributed by atoms with E-state index < -0.39 is 0 Å². The molecule has 1 N–H and O–H groups in total. The number of nitriles is 1. The Kier molecular flexibility index (Phi) is 4.92. The molecule has 0 bridgehead atoms. The minimum absolute atomic E-state index is 0.0905. The number of benzene rings is 1. The summed E-state index contributed by atoms with van der Waals surface area (Å²) in [7, 11) is 1.90. The number of rotatable bonds is 4. The number of aromatic nitrogens is 4. The smallest absolute Gasteiger partial charge is 0.138 e. The van der Waals surface area contributed by atoms with E-state index in [0.717, 1.165) is 51.8 Å². The maximum atomic E-state index is 9.76. The zero-order chi connectivity index (χ0) is 21.4. The molecule has 1 aliphatic heterocycles. The van der Waals surface area contributed by atoms with E-state index in [2.05, 4.69) is 27.2 Å². The summed E-state index contributed by atoms with van der Waals surface area (Å²) < 4.78 is 13.3. The highest BCUT2D eigenvalue weighted by molar-refractivity contribution is 5.97. The lowest BCUT2D eigenvalue weighted by molar-refractivity contribution is 0.0254. The fraction of sp³-hybridized carbons (Fsp3) is 0.292. The Morgan fingerprint density at radius 2 is 2.00 bits per heavy atom. The molecule has 7 heteroatoms. The zero-order valence-electron chi connectivity index (χ0n) is 17.6. The Balaban J connectivity index is 1.55. The first-order chi connectivity index (χ1) is 15.1.